The van der Waals surface area contributed by atoms with Crippen molar-refractivity contribution < 1.29 is 23.1 Å². The third-order valence-corrected chi connectivity index (χ3v) is 5.74. The zero-order valence-corrected chi connectivity index (χ0v) is 17.1. The fraction of sp³-hybridized carbons (Fsp3) is 0.120. The molecule has 0 aromatic heterocycles. The van der Waals surface area contributed by atoms with Crippen LogP contribution < -0.4 is 14.5 Å². The van der Waals surface area contributed by atoms with Crippen molar-refractivity contribution in [3.8, 4) is 5.75 Å². The predicted molar refractivity (Wildman–Crippen MR) is 116 cm³/mol. The summed E-state index contributed by atoms with van der Waals surface area (Å²) in [4.78, 5) is 29.7. The Balaban J connectivity index is 1.74. The van der Waals surface area contributed by atoms with Gasteiger partial charge in [-0.1, -0.05) is 36.4 Å². The molecule has 7 heteroatoms. The number of hydrogen-bond donors (Lipinski definition) is 0. The van der Waals surface area contributed by atoms with Crippen LogP contribution in [0.25, 0.3) is 5.57 Å². The summed E-state index contributed by atoms with van der Waals surface area (Å²) in [6, 6.07) is 17.1. The maximum atomic E-state index is 14.6. The van der Waals surface area contributed by atoms with Crippen molar-refractivity contribution in [1.29, 1.82) is 0 Å². The average Bonchev–Trinajstić information content (AvgIpc) is 3.33. The first-order valence-corrected chi connectivity index (χ1v) is 10.1. The summed E-state index contributed by atoms with van der Waals surface area (Å²) in [6.07, 6.45) is 0.689. The second-order valence-electron chi connectivity index (χ2n) is 7.50. The van der Waals surface area contributed by atoms with Crippen LogP contribution in [0.5, 0.6) is 5.75 Å². The highest BCUT2D eigenvalue weighted by molar-refractivity contribution is 6.46. The van der Waals surface area contributed by atoms with Gasteiger partial charge >= 0.3 is 0 Å². The molecule has 32 heavy (non-hydrogen) atoms. The number of amides is 2. The number of carbonyl (C=O) groups excluding carboxylic acids is 2. The minimum Gasteiger partial charge on any atom is -0.496 e. The third-order valence-electron chi connectivity index (χ3n) is 5.74. The Morgan fingerprint density at radius 3 is 2.44 bits per heavy atom. The van der Waals surface area contributed by atoms with Gasteiger partial charge in [0.25, 0.3) is 11.8 Å². The highest BCUT2D eigenvalue weighted by Gasteiger charge is 2.45. The highest BCUT2D eigenvalue weighted by atomic mass is 19.1. The molecule has 2 amide bonds. The minimum absolute atomic E-state index is 0.0906. The van der Waals surface area contributed by atoms with Crippen molar-refractivity contribution in [2.75, 3.05) is 23.5 Å². The van der Waals surface area contributed by atoms with Gasteiger partial charge in [0.15, 0.2) is 0 Å². The van der Waals surface area contributed by atoms with Crippen molar-refractivity contribution >= 4 is 28.8 Å². The van der Waals surface area contributed by atoms with Gasteiger partial charge in [0.2, 0.25) is 0 Å². The molecule has 0 atom stereocenters. The number of ether oxygens (including phenoxy) is 1. The van der Waals surface area contributed by atoms with Gasteiger partial charge in [-0.15, -0.1) is 0 Å². The van der Waals surface area contributed by atoms with E-state index in [4.69, 9.17) is 4.74 Å². The van der Waals surface area contributed by atoms with E-state index in [1.807, 2.05) is 24.3 Å². The fourth-order valence-electron chi connectivity index (χ4n) is 4.31. The molecule has 0 fully saturated rings. The van der Waals surface area contributed by atoms with Gasteiger partial charge in [-0.3, -0.25) is 9.59 Å². The van der Waals surface area contributed by atoms with Crippen molar-refractivity contribution in [1.82, 2.24) is 0 Å². The second kappa shape index (κ2) is 7.60. The van der Waals surface area contributed by atoms with Gasteiger partial charge in [0.1, 0.15) is 23.1 Å². The number of imide groups is 1. The van der Waals surface area contributed by atoms with E-state index in [0.29, 0.717) is 29.2 Å². The first-order valence-electron chi connectivity index (χ1n) is 10.1. The summed E-state index contributed by atoms with van der Waals surface area (Å²) in [5.74, 6) is -2.66. The second-order valence-corrected chi connectivity index (χ2v) is 7.50. The van der Waals surface area contributed by atoms with Crippen LogP contribution in [0.15, 0.2) is 72.4 Å². The molecule has 0 saturated carbocycles. The highest BCUT2D eigenvalue weighted by Crippen LogP contribution is 2.42. The number of benzene rings is 3. The fourth-order valence-corrected chi connectivity index (χ4v) is 4.31. The lowest BCUT2D eigenvalue weighted by atomic mass is 10.0. The maximum Gasteiger partial charge on any atom is 0.282 e. The number of halogens is 2. The molecule has 0 aliphatic carbocycles. The van der Waals surface area contributed by atoms with Crippen molar-refractivity contribution in [2.24, 2.45) is 0 Å². The summed E-state index contributed by atoms with van der Waals surface area (Å²) in [7, 11) is 1.47. The standard InChI is InChI=1S/C25H18F2N2O3/c1-32-21-9-5-3-7-17(21)22-23(28-13-12-15-6-2-4-8-19(15)28)25(31)29(24(22)30)20-14-16(26)10-11-18(20)27/h2-11,14H,12-13H2,1H3. The molecule has 0 N–H and O–H groups in total. The monoisotopic (exact) mass is 432 g/mol. The van der Waals surface area contributed by atoms with E-state index in [1.54, 1.807) is 29.2 Å². The normalized spacial score (nSPS) is 15.6. The molecule has 160 valence electrons. The number of nitrogens with zero attached hydrogens (tertiary/aromatic N) is 2. The van der Waals surface area contributed by atoms with Crippen LogP contribution in [0.3, 0.4) is 0 Å². The Morgan fingerprint density at radius 2 is 1.62 bits per heavy atom. The summed E-state index contributed by atoms with van der Waals surface area (Å²) >= 11 is 0. The number of anilines is 2. The SMILES string of the molecule is COc1ccccc1C1=C(N2CCc3ccccc32)C(=O)N(c2cc(F)ccc2F)C1=O. The summed E-state index contributed by atoms with van der Waals surface area (Å²) in [5.41, 5.74) is 2.04. The van der Waals surface area contributed by atoms with Crippen molar-refractivity contribution in [3.05, 3.63) is 95.2 Å². The van der Waals surface area contributed by atoms with E-state index in [0.717, 1.165) is 29.4 Å². The quantitative estimate of drug-likeness (QED) is 0.577. The van der Waals surface area contributed by atoms with Crippen LogP contribution in [0.4, 0.5) is 20.2 Å². The number of rotatable bonds is 4. The van der Waals surface area contributed by atoms with Crippen LogP contribution in [0.2, 0.25) is 0 Å². The molecular weight excluding hydrogens is 414 g/mol. The van der Waals surface area contributed by atoms with Gasteiger partial charge in [-0.2, -0.15) is 0 Å². The lowest BCUT2D eigenvalue weighted by molar-refractivity contribution is -0.120. The molecule has 3 aromatic rings. The van der Waals surface area contributed by atoms with Gasteiger partial charge in [0.05, 0.1) is 18.4 Å². The summed E-state index contributed by atoms with van der Waals surface area (Å²) < 4.78 is 34.0. The Morgan fingerprint density at radius 1 is 0.875 bits per heavy atom. The van der Waals surface area contributed by atoms with Gasteiger partial charge < -0.3 is 9.64 Å². The maximum absolute atomic E-state index is 14.6. The van der Waals surface area contributed by atoms with Crippen LogP contribution in [0.1, 0.15) is 11.1 Å². The van der Waals surface area contributed by atoms with Gasteiger partial charge in [-0.05, 0) is 36.2 Å². The van der Waals surface area contributed by atoms with E-state index >= 15 is 0 Å². The number of para-hydroxylation sites is 2. The lowest BCUT2D eigenvalue weighted by Gasteiger charge is -2.22. The number of hydrogen-bond acceptors (Lipinski definition) is 4. The molecular formula is C25H18F2N2O3. The smallest absolute Gasteiger partial charge is 0.282 e. The van der Waals surface area contributed by atoms with Crippen LogP contribution >= 0.6 is 0 Å². The first-order chi connectivity index (χ1) is 15.5. The number of methoxy groups -OCH3 is 1. The first kappa shape index (κ1) is 19.9. The van der Waals surface area contributed by atoms with Crippen molar-refractivity contribution in [2.45, 2.75) is 6.42 Å². The van der Waals surface area contributed by atoms with E-state index in [9.17, 15) is 18.4 Å². The van der Waals surface area contributed by atoms with Gasteiger partial charge in [0, 0.05) is 23.9 Å². The predicted octanol–water partition coefficient (Wildman–Crippen LogP) is 4.32. The Labute approximate surface area is 183 Å². The van der Waals surface area contributed by atoms with Crippen LogP contribution in [-0.4, -0.2) is 25.5 Å². The largest absolute Gasteiger partial charge is 0.496 e. The zero-order chi connectivity index (χ0) is 22.4. The topological polar surface area (TPSA) is 49.9 Å². The van der Waals surface area contributed by atoms with Gasteiger partial charge in [-0.25, -0.2) is 13.7 Å². The van der Waals surface area contributed by atoms with E-state index in [1.165, 1.54) is 7.11 Å². The third kappa shape index (κ3) is 2.97. The Kier molecular flexibility index (Phi) is 4.74. The molecule has 2 heterocycles. The lowest BCUT2D eigenvalue weighted by Crippen LogP contribution is -2.35. The van der Waals surface area contributed by atoms with Crippen LogP contribution in [0, 0.1) is 11.6 Å². The Bertz CT molecular complexity index is 1300. The van der Waals surface area contributed by atoms with E-state index < -0.39 is 29.1 Å². The molecule has 0 unspecified atom stereocenters. The molecule has 0 saturated heterocycles. The molecule has 0 spiro atoms. The average molecular weight is 432 g/mol. The molecule has 5 nitrogen and oxygen atoms in total. The van der Waals surface area contributed by atoms with Crippen LogP contribution in [-0.2, 0) is 16.0 Å². The molecule has 5 rings (SSSR count). The minimum atomic E-state index is -0.865. The Hall–Kier alpha value is -4.00. The number of fused-ring (bicyclic) bond motifs is 1. The summed E-state index contributed by atoms with van der Waals surface area (Å²) in [6.45, 7) is 0.478. The molecule has 2 aliphatic heterocycles. The summed E-state index contributed by atoms with van der Waals surface area (Å²) in [5, 5.41) is 0. The van der Waals surface area contributed by atoms with E-state index in [-0.39, 0.29) is 11.3 Å². The zero-order valence-electron chi connectivity index (χ0n) is 17.1. The molecule has 0 radical (unpaired) electrons. The molecule has 2 aliphatic rings. The molecule has 0 bridgehead atoms. The number of carbonyl (C=O) groups is 2. The van der Waals surface area contributed by atoms with E-state index in [2.05, 4.69) is 0 Å². The molecule has 3 aromatic carbocycles. The van der Waals surface area contributed by atoms with Crippen molar-refractivity contribution in [3.63, 3.8) is 0 Å².